The number of anilines is 2. The molecule has 3 amide bonds. The molecule has 0 saturated heterocycles. The van der Waals surface area contributed by atoms with Crippen LogP contribution in [0.4, 0.5) is 11.4 Å². The quantitative estimate of drug-likeness (QED) is 0.674. The minimum atomic E-state index is -0.167. The first-order chi connectivity index (χ1) is 11.5. The summed E-state index contributed by atoms with van der Waals surface area (Å²) in [5.41, 5.74) is 1.89. The van der Waals surface area contributed by atoms with Crippen LogP contribution in [0.25, 0.3) is 0 Å². The average molecular weight is 345 g/mol. The Kier molecular flexibility index (Phi) is 6.51. The first-order valence-electron chi connectivity index (χ1n) is 7.52. The van der Waals surface area contributed by atoms with Gasteiger partial charge in [-0.1, -0.05) is 6.07 Å². The second kappa shape index (κ2) is 8.83. The number of benzene rings is 1. The Hall–Kier alpha value is -2.67. The lowest BCUT2D eigenvalue weighted by Crippen LogP contribution is -2.25. The largest absolute Gasteiger partial charge is 0.352 e. The van der Waals surface area contributed by atoms with Gasteiger partial charge >= 0.3 is 0 Å². The van der Waals surface area contributed by atoms with Crippen molar-refractivity contribution in [3.63, 3.8) is 0 Å². The summed E-state index contributed by atoms with van der Waals surface area (Å²) in [5, 5.41) is 11.8. The van der Waals surface area contributed by atoms with Crippen LogP contribution in [0.3, 0.4) is 0 Å². The summed E-state index contributed by atoms with van der Waals surface area (Å²) >= 11 is 1.47. The fraction of sp³-hybridized carbons (Fsp3) is 0.235. The molecule has 1 heterocycles. The summed E-state index contributed by atoms with van der Waals surface area (Å²) in [7, 11) is 0. The zero-order valence-corrected chi connectivity index (χ0v) is 14.1. The molecule has 1 aromatic carbocycles. The van der Waals surface area contributed by atoms with E-state index in [1.165, 1.54) is 18.3 Å². The number of hydrogen-bond acceptors (Lipinski definition) is 4. The molecule has 2 rings (SSSR count). The van der Waals surface area contributed by atoms with Gasteiger partial charge < -0.3 is 16.0 Å². The summed E-state index contributed by atoms with van der Waals surface area (Å²) in [6.45, 7) is 1.86. The molecule has 126 valence electrons. The van der Waals surface area contributed by atoms with Crippen LogP contribution >= 0.6 is 11.3 Å². The molecule has 0 bridgehead atoms. The van der Waals surface area contributed by atoms with Crippen molar-refractivity contribution in [1.82, 2.24) is 5.32 Å². The van der Waals surface area contributed by atoms with Gasteiger partial charge in [-0.2, -0.15) is 11.3 Å². The highest BCUT2D eigenvalue weighted by Crippen LogP contribution is 2.15. The van der Waals surface area contributed by atoms with Gasteiger partial charge in [-0.15, -0.1) is 0 Å². The summed E-state index contributed by atoms with van der Waals surface area (Å²) in [5.74, 6) is -0.431. The molecule has 0 unspecified atom stereocenters. The van der Waals surface area contributed by atoms with E-state index in [9.17, 15) is 14.4 Å². The number of hydrogen-bond donors (Lipinski definition) is 3. The van der Waals surface area contributed by atoms with Crippen molar-refractivity contribution in [3.8, 4) is 0 Å². The SMILES string of the molecule is CC(=O)Nc1cccc(NC(=O)CCCNC(=O)c2ccsc2)c1. The van der Waals surface area contributed by atoms with Gasteiger partial charge in [0.25, 0.3) is 5.91 Å². The molecule has 0 radical (unpaired) electrons. The number of carbonyl (C=O) groups is 3. The van der Waals surface area contributed by atoms with Crippen molar-refractivity contribution in [2.24, 2.45) is 0 Å². The molecule has 0 fully saturated rings. The van der Waals surface area contributed by atoms with E-state index in [2.05, 4.69) is 16.0 Å². The molecule has 24 heavy (non-hydrogen) atoms. The van der Waals surface area contributed by atoms with E-state index in [-0.39, 0.29) is 17.7 Å². The fourth-order valence-electron chi connectivity index (χ4n) is 2.05. The van der Waals surface area contributed by atoms with Gasteiger partial charge in [0, 0.05) is 42.2 Å². The van der Waals surface area contributed by atoms with Gasteiger partial charge in [-0.05, 0) is 36.1 Å². The normalized spacial score (nSPS) is 10.0. The van der Waals surface area contributed by atoms with Crippen molar-refractivity contribution < 1.29 is 14.4 Å². The van der Waals surface area contributed by atoms with E-state index in [4.69, 9.17) is 0 Å². The molecule has 7 heteroatoms. The van der Waals surface area contributed by atoms with Crippen LogP contribution in [0, 0.1) is 0 Å². The standard InChI is InChI=1S/C17H19N3O3S/c1-12(21)19-14-4-2-5-15(10-14)20-16(22)6-3-8-18-17(23)13-7-9-24-11-13/h2,4-5,7,9-11H,3,6,8H2,1H3,(H,18,23)(H,19,21)(H,20,22). The number of thiophene rings is 1. The van der Waals surface area contributed by atoms with Gasteiger partial charge in [-0.3, -0.25) is 14.4 Å². The number of rotatable bonds is 7. The lowest BCUT2D eigenvalue weighted by molar-refractivity contribution is -0.116. The Balaban J connectivity index is 1.71. The molecule has 3 N–H and O–H groups in total. The lowest BCUT2D eigenvalue weighted by Gasteiger charge is -2.08. The molecular formula is C17H19N3O3S. The third-order valence-corrected chi connectivity index (χ3v) is 3.80. The van der Waals surface area contributed by atoms with Crippen LogP contribution in [-0.2, 0) is 9.59 Å². The van der Waals surface area contributed by atoms with Crippen LogP contribution in [0.5, 0.6) is 0 Å². The predicted molar refractivity (Wildman–Crippen MR) is 95.3 cm³/mol. The first-order valence-corrected chi connectivity index (χ1v) is 8.47. The van der Waals surface area contributed by atoms with Gasteiger partial charge in [-0.25, -0.2) is 0 Å². The van der Waals surface area contributed by atoms with E-state index in [1.54, 1.807) is 35.7 Å². The minimum absolute atomic E-state index is 0.125. The molecule has 0 aliphatic heterocycles. The van der Waals surface area contributed by atoms with E-state index < -0.39 is 0 Å². The van der Waals surface area contributed by atoms with Crippen molar-refractivity contribution in [1.29, 1.82) is 0 Å². The number of nitrogens with one attached hydrogen (secondary N) is 3. The van der Waals surface area contributed by atoms with E-state index in [0.29, 0.717) is 36.3 Å². The molecular weight excluding hydrogens is 326 g/mol. The Morgan fingerprint density at radius 3 is 2.50 bits per heavy atom. The molecule has 0 spiro atoms. The second-order valence-corrected chi connectivity index (χ2v) is 5.96. The highest BCUT2D eigenvalue weighted by molar-refractivity contribution is 7.08. The van der Waals surface area contributed by atoms with Gasteiger partial charge in [0.05, 0.1) is 0 Å². The van der Waals surface area contributed by atoms with Gasteiger partial charge in [0.15, 0.2) is 0 Å². The van der Waals surface area contributed by atoms with Crippen LogP contribution in [0.15, 0.2) is 41.1 Å². The third kappa shape index (κ3) is 5.85. The van der Waals surface area contributed by atoms with Gasteiger partial charge in [0.2, 0.25) is 11.8 Å². The Labute approximate surface area is 144 Å². The Bertz CT molecular complexity index is 714. The maximum Gasteiger partial charge on any atom is 0.252 e. The highest BCUT2D eigenvalue weighted by atomic mass is 32.1. The van der Waals surface area contributed by atoms with Crippen LogP contribution in [0.1, 0.15) is 30.1 Å². The molecule has 0 saturated carbocycles. The topological polar surface area (TPSA) is 87.3 Å². The summed E-state index contributed by atoms with van der Waals surface area (Å²) < 4.78 is 0. The predicted octanol–water partition coefficient (Wildman–Crippen LogP) is 2.86. The van der Waals surface area contributed by atoms with Crippen molar-refractivity contribution in [2.75, 3.05) is 17.2 Å². The Morgan fingerprint density at radius 1 is 1.08 bits per heavy atom. The summed E-state index contributed by atoms with van der Waals surface area (Å²) in [6, 6.07) is 8.70. The maximum absolute atomic E-state index is 11.9. The van der Waals surface area contributed by atoms with Crippen LogP contribution in [0.2, 0.25) is 0 Å². The Morgan fingerprint density at radius 2 is 1.83 bits per heavy atom. The molecule has 2 aromatic rings. The summed E-state index contributed by atoms with van der Waals surface area (Å²) in [6.07, 6.45) is 0.849. The summed E-state index contributed by atoms with van der Waals surface area (Å²) in [4.78, 5) is 34.7. The zero-order chi connectivity index (χ0) is 17.4. The smallest absolute Gasteiger partial charge is 0.252 e. The maximum atomic E-state index is 11.9. The average Bonchev–Trinajstić information content (AvgIpc) is 3.05. The minimum Gasteiger partial charge on any atom is -0.352 e. The lowest BCUT2D eigenvalue weighted by atomic mass is 10.2. The molecule has 0 aliphatic rings. The van der Waals surface area contributed by atoms with E-state index in [1.807, 2.05) is 5.38 Å². The number of amides is 3. The van der Waals surface area contributed by atoms with E-state index in [0.717, 1.165) is 0 Å². The molecule has 0 atom stereocenters. The van der Waals surface area contributed by atoms with E-state index >= 15 is 0 Å². The highest BCUT2D eigenvalue weighted by Gasteiger charge is 2.06. The third-order valence-electron chi connectivity index (χ3n) is 3.12. The first kappa shape index (κ1) is 17.7. The molecule has 6 nitrogen and oxygen atoms in total. The van der Waals surface area contributed by atoms with Crippen molar-refractivity contribution in [2.45, 2.75) is 19.8 Å². The van der Waals surface area contributed by atoms with Crippen molar-refractivity contribution >= 4 is 40.4 Å². The monoisotopic (exact) mass is 345 g/mol. The van der Waals surface area contributed by atoms with Crippen LogP contribution in [-0.4, -0.2) is 24.3 Å². The fourth-order valence-corrected chi connectivity index (χ4v) is 2.68. The zero-order valence-electron chi connectivity index (χ0n) is 13.3. The van der Waals surface area contributed by atoms with Crippen molar-refractivity contribution in [3.05, 3.63) is 46.7 Å². The van der Waals surface area contributed by atoms with Crippen LogP contribution < -0.4 is 16.0 Å². The van der Waals surface area contributed by atoms with Gasteiger partial charge in [0.1, 0.15) is 0 Å². The number of carbonyl (C=O) groups excluding carboxylic acids is 3. The molecule has 0 aliphatic carbocycles. The second-order valence-electron chi connectivity index (χ2n) is 5.18. The molecule has 1 aromatic heterocycles.